The molecular weight excluding hydrogens is 367 g/mol. The second kappa shape index (κ2) is 5.63. The van der Waals surface area contributed by atoms with Gasteiger partial charge in [0.05, 0.1) is 0 Å². The van der Waals surface area contributed by atoms with Gasteiger partial charge in [-0.05, 0) is 22.6 Å². The largest absolute Gasteiger partial charge is 0.534 e. The van der Waals surface area contributed by atoms with Crippen molar-refractivity contribution in [2.75, 3.05) is 6.54 Å². The summed E-state index contributed by atoms with van der Waals surface area (Å²) in [6.45, 7) is 0.517. The molecule has 134 valence electrons. The Balaban J connectivity index is 1.92. The summed E-state index contributed by atoms with van der Waals surface area (Å²) < 4.78 is 65.0. The van der Waals surface area contributed by atoms with Gasteiger partial charge in [-0.15, -0.1) is 0 Å². The van der Waals surface area contributed by atoms with Crippen LogP contribution in [0.4, 0.5) is 13.2 Å². The maximum atomic E-state index is 12.6. The Morgan fingerprint density at radius 2 is 1.73 bits per heavy atom. The number of rotatable bonds is 2. The first kappa shape index (κ1) is 16.7. The lowest BCUT2D eigenvalue weighted by Gasteiger charge is -2.26. The molecule has 2 aromatic rings. The summed E-state index contributed by atoms with van der Waals surface area (Å²) in [5, 5.41) is 2.94. The highest BCUT2D eigenvalue weighted by Crippen LogP contribution is 2.25. The van der Waals surface area contributed by atoms with E-state index in [9.17, 15) is 21.6 Å². The molecule has 0 radical (unpaired) electrons. The molecule has 26 heavy (non-hydrogen) atoms. The van der Waals surface area contributed by atoms with Gasteiger partial charge in [0, 0.05) is 28.9 Å². The highest BCUT2D eigenvalue weighted by atomic mass is 32.2. The maximum Gasteiger partial charge on any atom is 0.534 e. The average molecular weight is 379 g/mol. The highest BCUT2D eigenvalue weighted by molar-refractivity contribution is 7.88. The molecule has 0 saturated heterocycles. The molecule has 4 rings (SSSR count). The minimum Gasteiger partial charge on any atom is -0.375 e. The number of hydrogen-bond acceptors (Lipinski definition) is 4. The number of hydrogen-bond donors (Lipinski definition) is 0. The fourth-order valence-electron chi connectivity index (χ4n) is 3.01. The Morgan fingerprint density at radius 1 is 1.00 bits per heavy atom. The van der Waals surface area contributed by atoms with E-state index >= 15 is 0 Å². The molecule has 2 aromatic carbocycles. The van der Waals surface area contributed by atoms with Crippen molar-refractivity contribution in [2.24, 2.45) is 0 Å². The predicted molar refractivity (Wildman–Crippen MR) is 90.5 cm³/mol. The van der Waals surface area contributed by atoms with Gasteiger partial charge in [-0.2, -0.15) is 21.6 Å². The van der Waals surface area contributed by atoms with Crippen molar-refractivity contribution in [2.45, 2.75) is 5.51 Å². The van der Waals surface area contributed by atoms with E-state index in [-0.39, 0.29) is 11.0 Å². The topological polar surface area (TPSA) is 46.6 Å². The van der Waals surface area contributed by atoms with E-state index in [1.165, 1.54) is 12.1 Å². The van der Waals surface area contributed by atoms with Crippen LogP contribution in [-0.4, -0.2) is 25.4 Å². The standard InChI is InChI=1S/C18H12F3NO3S/c19-18(20,21)26(23,24)25-17-7-3-5-13-10-16-14-6-2-1-4-12(14)8-9-22(16)11-15(13)17/h1-8,10-11H,9H2. The number of halogens is 3. The molecule has 0 aromatic heterocycles. The molecule has 0 spiro atoms. The van der Waals surface area contributed by atoms with Crippen LogP contribution in [0.15, 0.2) is 42.5 Å². The van der Waals surface area contributed by atoms with E-state index in [1.54, 1.807) is 12.3 Å². The van der Waals surface area contributed by atoms with E-state index < -0.39 is 15.6 Å². The molecule has 0 atom stereocenters. The van der Waals surface area contributed by atoms with Gasteiger partial charge in [0.25, 0.3) is 0 Å². The number of nitrogens with zero attached hydrogens (tertiary/aromatic N) is 1. The molecule has 0 amide bonds. The summed E-state index contributed by atoms with van der Waals surface area (Å²) >= 11 is 0. The van der Waals surface area contributed by atoms with Crippen molar-refractivity contribution in [3.8, 4) is 5.75 Å². The second-order valence-corrected chi connectivity index (χ2v) is 7.38. The van der Waals surface area contributed by atoms with E-state index in [0.717, 1.165) is 16.1 Å². The molecule has 4 nitrogen and oxygen atoms in total. The molecule has 0 fully saturated rings. The molecule has 0 N–H and O–H groups in total. The average Bonchev–Trinajstić information content (AvgIpc) is 2.59. The third-order valence-corrected chi connectivity index (χ3v) is 5.18. The van der Waals surface area contributed by atoms with Crippen molar-refractivity contribution >= 4 is 34.2 Å². The van der Waals surface area contributed by atoms with E-state index in [1.807, 2.05) is 41.3 Å². The molecular formula is C18H12F3NO3S. The lowest BCUT2D eigenvalue weighted by molar-refractivity contribution is -0.0500. The molecule has 2 aliphatic heterocycles. The van der Waals surface area contributed by atoms with Gasteiger partial charge in [-0.1, -0.05) is 42.5 Å². The Kier molecular flexibility index (Phi) is 3.62. The summed E-state index contributed by atoms with van der Waals surface area (Å²) in [5.41, 5.74) is -4.59. The molecule has 2 aliphatic rings. The molecule has 2 heterocycles. The van der Waals surface area contributed by atoms with Crippen LogP contribution >= 0.6 is 0 Å². The fourth-order valence-corrected chi connectivity index (χ4v) is 3.48. The van der Waals surface area contributed by atoms with Gasteiger partial charge in [0.2, 0.25) is 0 Å². The quantitative estimate of drug-likeness (QED) is 0.558. The first-order valence-corrected chi connectivity index (χ1v) is 9.07. The van der Waals surface area contributed by atoms with Gasteiger partial charge in [-0.3, -0.25) is 0 Å². The minimum absolute atomic E-state index is 0.289. The number of fused-ring (bicyclic) bond motifs is 3. The predicted octanol–water partition coefficient (Wildman–Crippen LogP) is 0.352. The van der Waals surface area contributed by atoms with Gasteiger partial charge >= 0.3 is 15.6 Å². The zero-order chi connectivity index (χ0) is 18.5. The van der Waals surface area contributed by atoms with Crippen LogP contribution in [0, 0.1) is 0 Å². The van der Waals surface area contributed by atoms with Crippen LogP contribution in [0.3, 0.4) is 0 Å². The molecule has 0 bridgehead atoms. The van der Waals surface area contributed by atoms with Gasteiger partial charge in [0.15, 0.2) is 5.75 Å². The monoisotopic (exact) mass is 379 g/mol. The smallest absolute Gasteiger partial charge is 0.375 e. The van der Waals surface area contributed by atoms with Gasteiger partial charge in [0.1, 0.15) is 0 Å². The summed E-state index contributed by atoms with van der Waals surface area (Å²) in [5.74, 6) is -0.353. The maximum absolute atomic E-state index is 12.6. The van der Waals surface area contributed by atoms with Gasteiger partial charge in [-0.25, -0.2) is 0 Å². The SMILES string of the molecule is O=S(=O)(Oc1cccc2c1=CN1CC=c3ccccc3=C1C=2)C(F)(F)F. The third-order valence-electron chi connectivity index (χ3n) is 4.21. The van der Waals surface area contributed by atoms with Crippen LogP contribution in [0.5, 0.6) is 5.75 Å². The first-order chi connectivity index (χ1) is 12.3. The Hall–Kier alpha value is -2.74. The number of benzene rings is 2. The molecule has 0 aliphatic carbocycles. The normalized spacial score (nSPS) is 15.7. The highest BCUT2D eigenvalue weighted by Gasteiger charge is 2.48. The lowest BCUT2D eigenvalue weighted by Crippen LogP contribution is -2.43. The summed E-state index contributed by atoms with van der Waals surface area (Å²) in [7, 11) is -5.73. The van der Waals surface area contributed by atoms with E-state index in [2.05, 4.69) is 4.18 Å². The summed E-state index contributed by atoms with van der Waals surface area (Å²) in [6.07, 6.45) is 5.41. The second-order valence-electron chi connectivity index (χ2n) is 5.84. The van der Waals surface area contributed by atoms with Crippen molar-refractivity contribution in [3.63, 3.8) is 0 Å². The molecule has 0 unspecified atom stereocenters. The minimum atomic E-state index is -5.73. The van der Waals surface area contributed by atoms with Gasteiger partial charge < -0.3 is 9.08 Å². The van der Waals surface area contributed by atoms with Crippen LogP contribution in [0.25, 0.3) is 24.0 Å². The van der Waals surface area contributed by atoms with Crippen LogP contribution in [-0.2, 0) is 10.1 Å². The Morgan fingerprint density at radius 3 is 2.50 bits per heavy atom. The number of alkyl halides is 3. The van der Waals surface area contributed by atoms with Crippen molar-refractivity contribution < 1.29 is 25.8 Å². The zero-order valence-corrected chi connectivity index (χ0v) is 14.0. The van der Waals surface area contributed by atoms with Crippen molar-refractivity contribution in [1.82, 2.24) is 4.90 Å². The third kappa shape index (κ3) is 2.66. The lowest BCUT2D eigenvalue weighted by atomic mass is 10.1. The molecule has 8 heteroatoms. The summed E-state index contributed by atoms with van der Waals surface area (Å²) in [4.78, 5) is 1.84. The zero-order valence-electron chi connectivity index (χ0n) is 13.2. The van der Waals surface area contributed by atoms with Crippen molar-refractivity contribution in [1.29, 1.82) is 0 Å². The Labute approximate surface area is 146 Å². The van der Waals surface area contributed by atoms with Crippen molar-refractivity contribution in [3.05, 3.63) is 63.3 Å². The summed E-state index contributed by atoms with van der Waals surface area (Å²) in [6, 6.07) is 12.1. The van der Waals surface area contributed by atoms with Crippen LogP contribution < -0.4 is 25.1 Å². The van der Waals surface area contributed by atoms with E-state index in [4.69, 9.17) is 0 Å². The van der Waals surface area contributed by atoms with E-state index in [0.29, 0.717) is 11.8 Å². The molecule has 0 saturated carbocycles. The first-order valence-electron chi connectivity index (χ1n) is 7.66. The Bertz CT molecular complexity index is 1250. The fraction of sp³-hybridized carbons (Fsp3) is 0.111. The van der Waals surface area contributed by atoms with Crippen LogP contribution in [0.2, 0.25) is 0 Å². The van der Waals surface area contributed by atoms with Crippen LogP contribution in [0.1, 0.15) is 0 Å².